The molecule has 1 aromatic carbocycles. The molecule has 0 spiro atoms. The first-order valence-electron chi connectivity index (χ1n) is 9.10. The Morgan fingerprint density at radius 3 is 2.54 bits per heavy atom. The van der Waals surface area contributed by atoms with Crippen molar-refractivity contribution in [3.63, 3.8) is 0 Å². The Morgan fingerprint density at radius 2 is 1.92 bits per heavy atom. The van der Waals surface area contributed by atoms with E-state index >= 15 is 0 Å². The zero-order valence-electron chi connectivity index (χ0n) is 16.0. The molecule has 0 saturated heterocycles. The number of halogens is 1. The zero-order valence-corrected chi connectivity index (χ0v) is 16.0. The molecule has 1 N–H and O–H groups in total. The summed E-state index contributed by atoms with van der Waals surface area (Å²) < 4.78 is 18.6. The SMILES string of the molecule is CCC(C)N(Cc1ccc(F)cc1)Cc1nc(C(=O)NCC(C)C)co1. The average molecular weight is 361 g/mol. The molecular weight excluding hydrogens is 333 g/mol. The summed E-state index contributed by atoms with van der Waals surface area (Å²) in [5.41, 5.74) is 1.32. The van der Waals surface area contributed by atoms with Gasteiger partial charge in [-0.3, -0.25) is 9.69 Å². The van der Waals surface area contributed by atoms with E-state index in [2.05, 4.69) is 29.0 Å². The highest BCUT2D eigenvalue weighted by atomic mass is 19.1. The van der Waals surface area contributed by atoms with Gasteiger partial charge in [-0.1, -0.05) is 32.9 Å². The van der Waals surface area contributed by atoms with E-state index in [0.29, 0.717) is 43.2 Å². The highest BCUT2D eigenvalue weighted by Crippen LogP contribution is 2.15. The quantitative estimate of drug-likeness (QED) is 0.733. The van der Waals surface area contributed by atoms with Crippen LogP contribution in [0, 0.1) is 11.7 Å². The van der Waals surface area contributed by atoms with Crippen LogP contribution in [0.1, 0.15) is 56.1 Å². The summed E-state index contributed by atoms with van der Waals surface area (Å²) in [6.07, 6.45) is 2.36. The third kappa shape index (κ3) is 5.95. The molecule has 1 atom stereocenters. The molecular formula is C20H28FN3O2. The lowest BCUT2D eigenvalue weighted by Crippen LogP contribution is -2.32. The molecule has 0 aliphatic rings. The van der Waals surface area contributed by atoms with Crippen molar-refractivity contribution in [2.75, 3.05) is 6.54 Å². The van der Waals surface area contributed by atoms with Crippen LogP contribution < -0.4 is 5.32 Å². The number of benzene rings is 1. The fourth-order valence-electron chi connectivity index (χ4n) is 2.50. The van der Waals surface area contributed by atoms with E-state index in [-0.39, 0.29) is 11.7 Å². The van der Waals surface area contributed by atoms with Crippen molar-refractivity contribution in [1.29, 1.82) is 0 Å². The average Bonchev–Trinajstić information content (AvgIpc) is 3.09. The summed E-state index contributed by atoms with van der Waals surface area (Å²) in [6.45, 7) is 10.1. The van der Waals surface area contributed by atoms with Crippen molar-refractivity contribution in [3.8, 4) is 0 Å². The first-order chi connectivity index (χ1) is 12.4. The lowest BCUT2D eigenvalue weighted by Gasteiger charge is -2.27. The number of carbonyl (C=O) groups excluding carboxylic acids is 1. The monoisotopic (exact) mass is 361 g/mol. The lowest BCUT2D eigenvalue weighted by molar-refractivity contribution is 0.0944. The first kappa shape index (κ1) is 20.1. The zero-order chi connectivity index (χ0) is 19.1. The minimum Gasteiger partial charge on any atom is -0.447 e. The van der Waals surface area contributed by atoms with Gasteiger partial charge in [-0.15, -0.1) is 0 Å². The van der Waals surface area contributed by atoms with Gasteiger partial charge in [0.1, 0.15) is 12.1 Å². The molecule has 1 amide bonds. The highest BCUT2D eigenvalue weighted by molar-refractivity contribution is 5.91. The van der Waals surface area contributed by atoms with Crippen molar-refractivity contribution < 1.29 is 13.6 Å². The maximum absolute atomic E-state index is 13.1. The molecule has 0 aliphatic heterocycles. The predicted molar refractivity (Wildman–Crippen MR) is 99.1 cm³/mol. The van der Waals surface area contributed by atoms with Crippen molar-refractivity contribution >= 4 is 5.91 Å². The van der Waals surface area contributed by atoms with Crippen LogP contribution in [0.25, 0.3) is 0 Å². The Morgan fingerprint density at radius 1 is 1.23 bits per heavy atom. The summed E-state index contributed by atoms with van der Waals surface area (Å²) in [5.74, 6) is 0.417. The smallest absolute Gasteiger partial charge is 0.273 e. The molecule has 142 valence electrons. The molecule has 0 saturated carbocycles. The summed E-state index contributed by atoms with van der Waals surface area (Å²) in [7, 11) is 0. The minimum atomic E-state index is -0.242. The summed E-state index contributed by atoms with van der Waals surface area (Å²) in [6, 6.07) is 6.79. The molecule has 1 heterocycles. The summed E-state index contributed by atoms with van der Waals surface area (Å²) >= 11 is 0. The summed E-state index contributed by atoms with van der Waals surface area (Å²) in [5, 5.41) is 2.83. The molecule has 5 nitrogen and oxygen atoms in total. The number of hydrogen-bond donors (Lipinski definition) is 1. The largest absolute Gasteiger partial charge is 0.447 e. The lowest BCUT2D eigenvalue weighted by atomic mass is 10.1. The van der Waals surface area contributed by atoms with E-state index < -0.39 is 0 Å². The third-order valence-corrected chi connectivity index (χ3v) is 4.31. The normalized spacial score (nSPS) is 12.6. The maximum Gasteiger partial charge on any atom is 0.273 e. The fourth-order valence-corrected chi connectivity index (χ4v) is 2.50. The van der Waals surface area contributed by atoms with Gasteiger partial charge >= 0.3 is 0 Å². The highest BCUT2D eigenvalue weighted by Gasteiger charge is 2.18. The van der Waals surface area contributed by atoms with Gasteiger partial charge in [0.15, 0.2) is 5.69 Å². The number of carbonyl (C=O) groups is 1. The van der Waals surface area contributed by atoms with Gasteiger partial charge in [-0.25, -0.2) is 9.37 Å². The molecule has 2 rings (SSSR count). The Bertz CT molecular complexity index is 697. The molecule has 0 fully saturated rings. The number of aromatic nitrogens is 1. The Labute approximate surface area is 154 Å². The van der Waals surface area contributed by atoms with Gasteiger partial charge in [0.25, 0.3) is 5.91 Å². The molecule has 0 bridgehead atoms. The van der Waals surface area contributed by atoms with E-state index in [1.807, 2.05) is 13.8 Å². The number of hydrogen-bond acceptors (Lipinski definition) is 4. The van der Waals surface area contributed by atoms with Crippen LogP contribution in [0.3, 0.4) is 0 Å². The number of nitrogens with zero attached hydrogens (tertiary/aromatic N) is 2. The molecule has 6 heteroatoms. The Hall–Kier alpha value is -2.21. The van der Waals surface area contributed by atoms with Gasteiger partial charge in [-0.2, -0.15) is 0 Å². The van der Waals surface area contributed by atoms with E-state index in [1.54, 1.807) is 12.1 Å². The van der Waals surface area contributed by atoms with Gasteiger partial charge in [0.2, 0.25) is 5.89 Å². The Balaban J connectivity index is 2.04. The van der Waals surface area contributed by atoms with Crippen LogP contribution in [0.5, 0.6) is 0 Å². The standard InChI is InChI=1S/C20H28FN3O2/c1-5-15(4)24(11-16-6-8-17(21)9-7-16)12-19-23-18(13-26-19)20(25)22-10-14(2)3/h6-9,13-15H,5,10-12H2,1-4H3,(H,22,25). The Kier molecular flexibility index (Phi) is 7.33. The number of oxazole rings is 1. The van der Waals surface area contributed by atoms with Crippen LogP contribution in [0.15, 0.2) is 34.9 Å². The predicted octanol–water partition coefficient (Wildman–Crippen LogP) is 4.00. The van der Waals surface area contributed by atoms with Crippen LogP contribution in [-0.4, -0.2) is 28.4 Å². The van der Waals surface area contributed by atoms with Gasteiger partial charge < -0.3 is 9.73 Å². The van der Waals surface area contributed by atoms with Crippen molar-refractivity contribution in [2.45, 2.75) is 53.2 Å². The molecule has 2 aromatic rings. The fraction of sp³-hybridized carbons (Fsp3) is 0.500. The van der Waals surface area contributed by atoms with E-state index in [9.17, 15) is 9.18 Å². The third-order valence-electron chi connectivity index (χ3n) is 4.31. The molecule has 0 radical (unpaired) electrons. The van der Waals surface area contributed by atoms with Crippen molar-refractivity contribution in [3.05, 3.63) is 53.5 Å². The minimum absolute atomic E-state index is 0.220. The van der Waals surface area contributed by atoms with Crippen LogP contribution in [-0.2, 0) is 13.1 Å². The molecule has 0 aliphatic carbocycles. The van der Waals surface area contributed by atoms with E-state index in [4.69, 9.17) is 4.42 Å². The van der Waals surface area contributed by atoms with E-state index in [0.717, 1.165) is 12.0 Å². The van der Waals surface area contributed by atoms with Crippen molar-refractivity contribution in [1.82, 2.24) is 15.2 Å². The van der Waals surface area contributed by atoms with Crippen LogP contribution in [0.2, 0.25) is 0 Å². The van der Waals surface area contributed by atoms with Gasteiger partial charge in [0.05, 0.1) is 6.54 Å². The topological polar surface area (TPSA) is 58.4 Å². The maximum atomic E-state index is 13.1. The first-order valence-corrected chi connectivity index (χ1v) is 9.10. The number of nitrogens with one attached hydrogen (secondary N) is 1. The van der Waals surface area contributed by atoms with Gasteiger partial charge in [0, 0.05) is 19.1 Å². The van der Waals surface area contributed by atoms with Gasteiger partial charge in [-0.05, 0) is 37.0 Å². The van der Waals surface area contributed by atoms with Crippen molar-refractivity contribution in [2.24, 2.45) is 5.92 Å². The summed E-state index contributed by atoms with van der Waals surface area (Å²) in [4.78, 5) is 18.6. The molecule has 1 aromatic heterocycles. The molecule has 26 heavy (non-hydrogen) atoms. The van der Waals surface area contributed by atoms with E-state index in [1.165, 1.54) is 18.4 Å². The van der Waals surface area contributed by atoms with Crippen LogP contribution in [0.4, 0.5) is 4.39 Å². The second kappa shape index (κ2) is 9.48. The van der Waals surface area contributed by atoms with Crippen LogP contribution >= 0.6 is 0 Å². The second-order valence-corrected chi connectivity index (χ2v) is 7.02. The second-order valence-electron chi connectivity index (χ2n) is 7.02. The number of rotatable bonds is 9. The molecule has 1 unspecified atom stereocenters. The number of amides is 1.